The predicted octanol–water partition coefficient (Wildman–Crippen LogP) is 3.04. The van der Waals surface area contributed by atoms with Crippen molar-refractivity contribution in [3.05, 3.63) is 63.5 Å². The Morgan fingerprint density at radius 1 is 1.06 bits per heavy atom. The van der Waals surface area contributed by atoms with E-state index in [1.165, 1.54) is 3.57 Å². The number of pyridine rings is 1. The van der Waals surface area contributed by atoms with Gasteiger partial charge >= 0.3 is 0 Å². The average molecular weight is 337 g/mol. The summed E-state index contributed by atoms with van der Waals surface area (Å²) >= 11 is 2.25. The van der Waals surface area contributed by atoms with Crippen LogP contribution in [0.25, 0.3) is 0 Å². The van der Waals surface area contributed by atoms with Crippen LogP contribution in [0.1, 0.15) is 11.3 Å². The molecule has 0 unspecified atom stereocenters. The fraction of sp³-hybridized carbons (Fsp3) is 0.143. The number of ketones is 1. The third-order valence-corrected chi connectivity index (χ3v) is 3.14. The third-order valence-electron chi connectivity index (χ3n) is 2.42. The molecule has 0 aliphatic rings. The largest absolute Gasteiger partial charge is 0.299 e. The summed E-state index contributed by atoms with van der Waals surface area (Å²) in [7, 11) is 0. The van der Waals surface area contributed by atoms with E-state index in [9.17, 15) is 4.79 Å². The Morgan fingerprint density at radius 3 is 2.47 bits per heavy atom. The van der Waals surface area contributed by atoms with E-state index in [0.717, 1.165) is 11.3 Å². The summed E-state index contributed by atoms with van der Waals surface area (Å²) in [5.74, 6) is 0.199. The van der Waals surface area contributed by atoms with Gasteiger partial charge in [-0.25, -0.2) is 0 Å². The highest BCUT2D eigenvalue weighted by atomic mass is 127. The number of aromatic nitrogens is 1. The molecule has 0 atom stereocenters. The lowest BCUT2D eigenvalue weighted by Crippen LogP contribution is -2.07. The van der Waals surface area contributed by atoms with Gasteiger partial charge in [-0.15, -0.1) is 0 Å². The molecule has 0 radical (unpaired) electrons. The zero-order valence-corrected chi connectivity index (χ0v) is 11.4. The second-order valence-electron chi connectivity index (χ2n) is 3.84. The van der Waals surface area contributed by atoms with Crippen molar-refractivity contribution in [3.63, 3.8) is 0 Å². The molecule has 1 heterocycles. The van der Waals surface area contributed by atoms with Gasteiger partial charge in [-0.05, 0) is 52.4 Å². The molecule has 0 spiro atoms. The molecule has 1 aromatic heterocycles. The second-order valence-corrected chi connectivity index (χ2v) is 5.09. The Hall–Kier alpha value is -1.23. The SMILES string of the molecule is O=C(Cc1ccc(I)cc1)Cc1ccccn1. The first kappa shape index (κ1) is 12.2. The van der Waals surface area contributed by atoms with Gasteiger partial charge in [-0.3, -0.25) is 9.78 Å². The van der Waals surface area contributed by atoms with E-state index in [1.807, 2.05) is 42.5 Å². The molecule has 0 N–H and O–H groups in total. The molecular formula is C14H12INO. The van der Waals surface area contributed by atoms with Gasteiger partial charge in [0.1, 0.15) is 5.78 Å². The smallest absolute Gasteiger partial charge is 0.143 e. The predicted molar refractivity (Wildman–Crippen MR) is 75.8 cm³/mol. The van der Waals surface area contributed by atoms with Crippen molar-refractivity contribution < 1.29 is 4.79 Å². The number of halogens is 1. The van der Waals surface area contributed by atoms with Gasteiger partial charge in [-0.2, -0.15) is 0 Å². The van der Waals surface area contributed by atoms with Crippen molar-refractivity contribution in [2.75, 3.05) is 0 Å². The van der Waals surface area contributed by atoms with Crippen molar-refractivity contribution in [2.24, 2.45) is 0 Å². The summed E-state index contributed by atoms with van der Waals surface area (Å²) in [4.78, 5) is 16.0. The summed E-state index contributed by atoms with van der Waals surface area (Å²) < 4.78 is 1.18. The highest BCUT2D eigenvalue weighted by Crippen LogP contribution is 2.08. The summed E-state index contributed by atoms with van der Waals surface area (Å²) in [6.45, 7) is 0. The van der Waals surface area contributed by atoms with Crippen LogP contribution < -0.4 is 0 Å². The molecule has 1 aromatic carbocycles. The third kappa shape index (κ3) is 3.93. The minimum Gasteiger partial charge on any atom is -0.299 e. The van der Waals surface area contributed by atoms with Crippen LogP contribution in [0.3, 0.4) is 0 Å². The monoisotopic (exact) mass is 337 g/mol. The number of benzene rings is 1. The van der Waals surface area contributed by atoms with Crippen LogP contribution in [0.2, 0.25) is 0 Å². The summed E-state index contributed by atoms with van der Waals surface area (Å²) in [6.07, 6.45) is 2.60. The van der Waals surface area contributed by atoms with Crippen molar-refractivity contribution >= 4 is 28.4 Å². The molecule has 2 aromatic rings. The molecule has 17 heavy (non-hydrogen) atoms. The van der Waals surface area contributed by atoms with Gasteiger partial charge in [0.15, 0.2) is 0 Å². The van der Waals surface area contributed by atoms with Gasteiger partial charge in [-0.1, -0.05) is 18.2 Å². The van der Waals surface area contributed by atoms with Crippen molar-refractivity contribution in [3.8, 4) is 0 Å². The van der Waals surface area contributed by atoms with E-state index in [2.05, 4.69) is 27.6 Å². The Labute approximate surface area is 114 Å². The number of nitrogens with zero attached hydrogens (tertiary/aromatic N) is 1. The highest BCUT2D eigenvalue weighted by molar-refractivity contribution is 14.1. The Balaban J connectivity index is 1.96. The van der Waals surface area contributed by atoms with E-state index in [4.69, 9.17) is 0 Å². The summed E-state index contributed by atoms with van der Waals surface area (Å²) in [6, 6.07) is 13.7. The Morgan fingerprint density at radius 2 is 1.82 bits per heavy atom. The fourth-order valence-corrected chi connectivity index (χ4v) is 1.96. The van der Waals surface area contributed by atoms with Crippen molar-refractivity contribution in [2.45, 2.75) is 12.8 Å². The fourth-order valence-electron chi connectivity index (χ4n) is 1.60. The van der Waals surface area contributed by atoms with Crippen LogP contribution >= 0.6 is 22.6 Å². The van der Waals surface area contributed by atoms with Gasteiger partial charge in [0.05, 0.1) is 0 Å². The molecule has 0 fully saturated rings. The lowest BCUT2D eigenvalue weighted by atomic mass is 10.1. The quantitative estimate of drug-likeness (QED) is 0.803. The first-order valence-corrected chi connectivity index (χ1v) is 6.48. The Kier molecular flexibility index (Phi) is 4.25. The van der Waals surface area contributed by atoms with Crippen molar-refractivity contribution in [1.29, 1.82) is 0 Å². The maximum atomic E-state index is 11.8. The zero-order valence-electron chi connectivity index (χ0n) is 9.27. The first-order chi connectivity index (χ1) is 8.24. The number of carbonyl (C=O) groups excluding carboxylic acids is 1. The van der Waals surface area contributed by atoms with Crippen molar-refractivity contribution in [1.82, 2.24) is 4.98 Å². The molecule has 3 heteroatoms. The number of hydrogen-bond donors (Lipinski definition) is 0. The maximum Gasteiger partial charge on any atom is 0.143 e. The topological polar surface area (TPSA) is 30.0 Å². The molecule has 0 bridgehead atoms. The van der Waals surface area contributed by atoms with E-state index in [-0.39, 0.29) is 5.78 Å². The van der Waals surface area contributed by atoms with E-state index in [0.29, 0.717) is 12.8 Å². The molecule has 86 valence electrons. The van der Waals surface area contributed by atoms with Crippen LogP contribution in [0, 0.1) is 3.57 Å². The maximum absolute atomic E-state index is 11.8. The number of carbonyl (C=O) groups is 1. The van der Waals surface area contributed by atoms with Crippen LogP contribution in [0.15, 0.2) is 48.7 Å². The first-order valence-electron chi connectivity index (χ1n) is 5.40. The van der Waals surface area contributed by atoms with Gasteiger partial charge < -0.3 is 0 Å². The average Bonchev–Trinajstić information content (AvgIpc) is 2.33. The second kappa shape index (κ2) is 5.91. The van der Waals surface area contributed by atoms with Crippen LogP contribution in [0.5, 0.6) is 0 Å². The molecule has 2 nitrogen and oxygen atoms in total. The molecule has 0 saturated carbocycles. The van der Waals surface area contributed by atoms with Gasteiger partial charge in [0, 0.05) is 28.3 Å². The van der Waals surface area contributed by atoms with Gasteiger partial charge in [0.25, 0.3) is 0 Å². The normalized spacial score (nSPS) is 10.2. The van der Waals surface area contributed by atoms with Crippen LogP contribution in [0.4, 0.5) is 0 Å². The van der Waals surface area contributed by atoms with Gasteiger partial charge in [0.2, 0.25) is 0 Å². The number of Topliss-reactive ketones (excluding diaryl/α,β-unsaturated/α-hetero) is 1. The summed E-state index contributed by atoms with van der Waals surface area (Å²) in [5, 5.41) is 0. The summed E-state index contributed by atoms with van der Waals surface area (Å²) in [5.41, 5.74) is 1.90. The molecular weight excluding hydrogens is 325 g/mol. The van der Waals surface area contributed by atoms with Crippen LogP contribution in [-0.4, -0.2) is 10.8 Å². The molecule has 2 rings (SSSR count). The van der Waals surface area contributed by atoms with E-state index >= 15 is 0 Å². The number of rotatable bonds is 4. The van der Waals surface area contributed by atoms with E-state index in [1.54, 1.807) is 6.20 Å². The van der Waals surface area contributed by atoms with Crippen LogP contribution in [-0.2, 0) is 17.6 Å². The Bertz CT molecular complexity index is 493. The van der Waals surface area contributed by atoms with E-state index < -0.39 is 0 Å². The molecule has 0 saturated heterocycles. The molecule has 0 aliphatic heterocycles. The minimum atomic E-state index is 0.199. The standard InChI is InChI=1S/C14H12INO/c15-12-6-4-11(5-7-12)9-14(17)10-13-3-1-2-8-16-13/h1-8H,9-10H2. The molecule has 0 amide bonds. The number of hydrogen-bond acceptors (Lipinski definition) is 2. The molecule has 0 aliphatic carbocycles. The lowest BCUT2D eigenvalue weighted by Gasteiger charge is -2.01. The minimum absolute atomic E-state index is 0.199. The highest BCUT2D eigenvalue weighted by Gasteiger charge is 2.05. The zero-order chi connectivity index (χ0) is 12.1. The lowest BCUT2D eigenvalue weighted by molar-refractivity contribution is -0.117.